The van der Waals surface area contributed by atoms with Crippen LogP contribution in [0.2, 0.25) is 0 Å². The van der Waals surface area contributed by atoms with Gasteiger partial charge in [0, 0.05) is 13.2 Å². The Morgan fingerprint density at radius 2 is 2.19 bits per heavy atom. The number of carbonyl (C=O) groups is 2. The van der Waals surface area contributed by atoms with Crippen molar-refractivity contribution in [3.63, 3.8) is 0 Å². The van der Waals surface area contributed by atoms with Crippen molar-refractivity contribution in [2.75, 3.05) is 19.7 Å². The number of carboxylic acids is 1. The molecule has 0 aliphatic carbocycles. The first-order chi connectivity index (χ1) is 7.65. The summed E-state index contributed by atoms with van der Waals surface area (Å²) >= 11 is 0. The first-order valence-corrected chi connectivity index (χ1v) is 5.77. The monoisotopic (exact) mass is 229 g/mol. The normalized spacial score (nSPS) is 20.4. The van der Waals surface area contributed by atoms with Crippen LogP contribution in [0.5, 0.6) is 0 Å². The quantitative estimate of drug-likeness (QED) is 0.760. The van der Waals surface area contributed by atoms with E-state index in [4.69, 9.17) is 9.84 Å². The summed E-state index contributed by atoms with van der Waals surface area (Å²) in [6.07, 6.45) is 2.99. The molecule has 1 saturated heterocycles. The van der Waals surface area contributed by atoms with Gasteiger partial charge in [-0.05, 0) is 25.7 Å². The van der Waals surface area contributed by atoms with E-state index in [2.05, 4.69) is 0 Å². The highest BCUT2D eigenvalue weighted by Crippen LogP contribution is 2.15. The smallest absolute Gasteiger partial charge is 0.323 e. The van der Waals surface area contributed by atoms with Crippen LogP contribution in [0.25, 0.3) is 0 Å². The van der Waals surface area contributed by atoms with Gasteiger partial charge in [0.05, 0.1) is 0 Å². The van der Waals surface area contributed by atoms with Crippen molar-refractivity contribution in [2.45, 2.75) is 38.7 Å². The zero-order valence-electron chi connectivity index (χ0n) is 9.65. The van der Waals surface area contributed by atoms with Gasteiger partial charge < -0.3 is 14.7 Å². The Balaban J connectivity index is 2.54. The highest BCUT2D eigenvalue weighted by atomic mass is 16.5. The minimum absolute atomic E-state index is 0.177. The van der Waals surface area contributed by atoms with Crippen molar-refractivity contribution in [3.8, 4) is 0 Å². The molecule has 0 aromatic heterocycles. The van der Waals surface area contributed by atoms with Crippen LogP contribution in [-0.2, 0) is 14.3 Å². The minimum atomic E-state index is -0.974. The van der Waals surface area contributed by atoms with Crippen molar-refractivity contribution in [1.29, 1.82) is 0 Å². The van der Waals surface area contributed by atoms with E-state index in [0.717, 1.165) is 19.3 Å². The molecule has 1 N–H and O–H groups in total. The van der Waals surface area contributed by atoms with Gasteiger partial charge in [-0.1, -0.05) is 6.92 Å². The van der Waals surface area contributed by atoms with E-state index in [0.29, 0.717) is 19.6 Å². The number of aliphatic carboxylic acids is 1. The van der Waals surface area contributed by atoms with Crippen LogP contribution in [0.4, 0.5) is 0 Å². The Morgan fingerprint density at radius 3 is 2.69 bits per heavy atom. The highest BCUT2D eigenvalue weighted by Gasteiger charge is 2.27. The van der Waals surface area contributed by atoms with Crippen molar-refractivity contribution >= 4 is 11.9 Å². The maximum absolute atomic E-state index is 12.0. The molecule has 1 unspecified atom stereocenters. The van der Waals surface area contributed by atoms with Crippen LogP contribution in [-0.4, -0.2) is 47.7 Å². The first-order valence-electron chi connectivity index (χ1n) is 5.77. The number of carbonyl (C=O) groups excluding carboxylic acids is 1. The molecular formula is C11H19NO4. The van der Waals surface area contributed by atoms with Gasteiger partial charge in [0.15, 0.2) is 0 Å². The summed E-state index contributed by atoms with van der Waals surface area (Å²) in [5.74, 6) is -1.15. The van der Waals surface area contributed by atoms with Gasteiger partial charge in [-0.15, -0.1) is 0 Å². The molecule has 0 bridgehead atoms. The van der Waals surface area contributed by atoms with Crippen LogP contribution < -0.4 is 0 Å². The number of hydrogen-bond donors (Lipinski definition) is 1. The molecule has 1 aliphatic rings. The molecule has 16 heavy (non-hydrogen) atoms. The molecule has 0 spiro atoms. The third kappa shape index (κ3) is 3.81. The Kier molecular flexibility index (Phi) is 5.25. The Bertz CT molecular complexity index is 248. The number of amides is 1. The number of ether oxygens (including phenoxy) is 1. The topological polar surface area (TPSA) is 66.8 Å². The van der Waals surface area contributed by atoms with Gasteiger partial charge in [0.1, 0.15) is 12.6 Å². The Morgan fingerprint density at radius 1 is 1.44 bits per heavy atom. The molecule has 0 aromatic carbocycles. The van der Waals surface area contributed by atoms with Gasteiger partial charge in [-0.25, -0.2) is 0 Å². The van der Waals surface area contributed by atoms with Crippen LogP contribution in [0, 0.1) is 0 Å². The van der Waals surface area contributed by atoms with E-state index < -0.39 is 12.1 Å². The largest absolute Gasteiger partial charge is 0.480 e. The van der Waals surface area contributed by atoms with Gasteiger partial charge >= 0.3 is 5.97 Å². The van der Waals surface area contributed by atoms with E-state index in [1.54, 1.807) is 0 Å². The zero-order valence-corrected chi connectivity index (χ0v) is 9.65. The van der Waals surface area contributed by atoms with Crippen molar-refractivity contribution < 1.29 is 19.4 Å². The first kappa shape index (κ1) is 13.0. The lowest BCUT2D eigenvalue weighted by atomic mass is 10.1. The summed E-state index contributed by atoms with van der Waals surface area (Å²) in [6, 6.07) is 0. The molecule has 1 amide bonds. The van der Waals surface area contributed by atoms with E-state index in [9.17, 15) is 9.59 Å². The van der Waals surface area contributed by atoms with E-state index >= 15 is 0 Å². The molecule has 1 aliphatic heterocycles. The second kappa shape index (κ2) is 6.48. The number of carboxylic acid groups (broad SMARTS) is 1. The fraction of sp³-hybridized carbons (Fsp3) is 0.818. The average molecular weight is 229 g/mol. The molecule has 1 rings (SSSR count). The van der Waals surface area contributed by atoms with Crippen molar-refractivity contribution in [3.05, 3.63) is 0 Å². The molecule has 1 fully saturated rings. The average Bonchev–Trinajstić information content (AvgIpc) is 2.28. The standard InChI is InChI=1S/C11H19NO4/c1-2-6-12(8-10(13)14)11(15)9-5-3-4-7-16-9/h9H,2-8H2,1H3,(H,13,14). The predicted molar refractivity (Wildman–Crippen MR) is 58.1 cm³/mol. The molecule has 5 nitrogen and oxygen atoms in total. The number of hydrogen-bond acceptors (Lipinski definition) is 3. The summed E-state index contributed by atoms with van der Waals surface area (Å²) in [4.78, 5) is 24.0. The molecule has 1 atom stereocenters. The molecule has 5 heteroatoms. The van der Waals surface area contributed by atoms with Gasteiger partial charge in [-0.3, -0.25) is 9.59 Å². The van der Waals surface area contributed by atoms with Crippen LogP contribution in [0.1, 0.15) is 32.6 Å². The highest BCUT2D eigenvalue weighted by molar-refractivity contribution is 5.84. The summed E-state index contributed by atoms with van der Waals surface area (Å²) in [5, 5.41) is 8.72. The van der Waals surface area contributed by atoms with Crippen LogP contribution in [0.15, 0.2) is 0 Å². The lowest BCUT2D eigenvalue weighted by Gasteiger charge is -2.28. The Labute approximate surface area is 95.4 Å². The zero-order chi connectivity index (χ0) is 12.0. The van der Waals surface area contributed by atoms with Gasteiger partial charge in [0.2, 0.25) is 0 Å². The lowest BCUT2D eigenvalue weighted by Crippen LogP contribution is -2.44. The van der Waals surface area contributed by atoms with E-state index in [-0.39, 0.29) is 12.5 Å². The molecule has 92 valence electrons. The SMILES string of the molecule is CCCN(CC(=O)O)C(=O)C1CCCCO1. The lowest BCUT2D eigenvalue weighted by molar-refractivity contribution is -0.152. The fourth-order valence-electron chi connectivity index (χ4n) is 1.84. The number of nitrogens with zero attached hydrogens (tertiary/aromatic N) is 1. The Hall–Kier alpha value is -1.10. The summed E-state index contributed by atoms with van der Waals surface area (Å²) in [7, 11) is 0. The second-order valence-electron chi connectivity index (χ2n) is 4.01. The molecule has 1 heterocycles. The fourth-order valence-corrected chi connectivity index (χ4v) is 1.84. The summed E-state index contributed by atoms with van der Waals surface area (Å²) in [6.45, 7) is 2.77. The molecule has 0 aromatic rings. The van der Waals surface area contributed by atoms with Gasteiger partial charge in [0.25, 0.3) is 5.91 Å². The molecular weight excluding hydrogens is 210 g/mol. The van der Waals surface area contributed by atoms with Crippen molar-refractivity contribution in [2.24, 2.45) is 0 Å². The summed E-state index contributed by atoms with van der Waals surface area (Å²) < 4.78 is 5.36. The van der Waals surface area contributed by atoms with Crippen LogP contribution in [0.3, 0.4) is 0 Å². The minimum Gasteiger partial charge on any atom is -0.480 e. The van der Waals surface area contributed by atoms with Crippen molar-refractivity contribution in [1.82, 2.24) is 4.90 Å². The summed E-state index contributed by atoms with van der Waals surface area (Å²) in [5.41, 5.74) is 0. The number of rotatable bonds is 5. The van der Waals surface area contributed by atoms with Crippen LogP contribution >= 0.6 is 0 Å². The third-order valence-electron chi connectivity index (χ3n) is 2.59. The third-order valence-corrected chi connectivity index (χ3v) is 2.59. The van der Waals surface area contributed by atoms with E-state index in [1.165, 1.54) is 4.90 Å². The molecule has 0 saturated carbocycles. The molecule has 0 radical (unpaired) electrons. The van der Waals surface area contributed by atoms with Gasteiger partial charge in [-0.2, -0.15) is 0 Å². The van der Waals surface area contributed by atoms with E-state index in [1.807, 2.05) is 6.92 Å². The second-order valence-corrected chi connectivity index (χ2v) is 4.01. The maximum atomic E-state index is 12.0. The maximum Gasteiger partial charge on any atom is 0.323 e. The predicted octanol–water partition coefficient (Wildman–Crippen LogP) is 0.879.